The maximum Gasteiger partial charge on any atom is -1.00 e. The summed E-state index contributed by atoms with van der Waals surface area (Å²) in [6, 6.07) is 46.1. The molecule has 3 heteroatoms. The smallest absolute Gasteiger partial charge is 1.00 e. The van der Waals surface area contributed by atoms with Crippen molar-refractivity contribution in [3.63, 3.8) is 0 Å². The number of hydrogen-bond acceptors (Lipinski definition) is 0. The summed E-state index contributed by atoms with van der Waals surface area (Å²) >= 11 is -0.489. The van der Waals surface area contributed by atoms with Crippen LogP contribution in [0.2, 0.25) is 0 Å². The second-order valence-corrected chi connectivity index (χ2v) is 15.7. The third-order valence-corrected chi connectivity index (χ3v) is 14.1. The molecule has 1 heterocycles. The van der Waals surface area contributed by atoms with E-state index in [0.717, 1.165) is 0 Å². The van der Waals surface area contributed by atoms with Gasteiger partial charge in [-0.3, -0.25) is 0 Å². The van der Waals surface area contributed by atoms with Crippen molar-refractivity contribution < 1.29 is 44.0 Å². The van der Waals surface area contributed by atoms with Crippen LogP contribution < -0.4 is 24.8 Å². The summed E-state index contributed by atoms with van der Waals surface area (Å²) in [5, 5.41) is 5.35. The molecule has 1 aliphatic heterocycles. The molecule has 3 aliphatic rings. The van der Waals surface area contributed by atoms with Gasteiger partial charge in [-0.05, 0) is 0 Å². The van der Waals surface area contributed by atoms with E-state index in [1.165, 1.54) is 66.1 Å². The fraction of sp³-hybridized carbons (Fsp3) is 0.163. The van der Waals surface area contributed by atoms with Gasteiger partial charge in [-0.25, -0.2) is 0 Å². The quantitative estimate of drug-likeness (QED) is 0.223. The van der Waals surface area contributed by atoms with Crippen molar-refractivity contribution in [2.75, 3.05) is 0 Å². The first kappa shape index (κ1) is 31.2. The van der Waals surface area contributed by atoms with Crippen LogP contribution in [0.15, 0.2) is 132 Å². The second-order valence-electron chi connectivity index (χ2n) is 13.4. The molecule has 6 aromatic carbocycles. The molecule has 0 nitrogen and oxygen atoms in total. The monoisotopic (exact) mass is 668 g/mol. The number of allylic oxidation sites excluding steroid dienone is 2. The number of hydrogen-bond donors (Lipinski definition) is 0. The van der Waals surface area contributed by atoms with E-state index in [1.807, 2.05) is 0 Å². The molecular weight excluding hydrogens is 635 g/mol. The van der Waals surface area contributed by atoms with Gasteiger partial charge < -0.3 is 24.8 Å². The Balaban J connectivity index is 0.00000169. The summed E-state index contributed by atoms with van der Waals surface area (Å²) in [6.45, 7) is 9.86. The van der Waals surface area contributed by atoms with E-state index in [2.05, 4.69) is 149 Å². The van der Waals surface area contributed by atoms with Gasteiger partial charge in [-0.1, -0.05) is 0 Å². The molecule has 8 bridgehead atoms. The van der Waals surface area contributed by atoms with Crippen molar-refractivity contribution >= 4 is 32.7 Å². The van der Waals surface area contributed by atoms with E-state index in [0.29, 0.717) is 8.45 Å². The molecule has 2 unspecified atom stereocenters. The first-order valence-corrected chi connectivity index (χ1v) is 17.7. The van der Waals surface area contributed by atoms with E-state index < -0.39 is 19.2 Å². The van der Waals surface area contributed by atoms with Gasteiger partial charge in [0.25, 0.3) is 0 Å². The van der Waals surface area contributed by atoms with Crippen LogP contribution in [0.4, 0.5) is 0 Å². The Morgan fingerprint density at radius 2 is 0.870 bits per heavy atom. The second kappa shape index (κ2) is 11.4. The average Bonchev–Trinajstić information content (AvgIpc) is 3.49. The molecule has 46 heavy (non-hydrogen) atoms. The Morgan fingerprint density at radius 3 is 1.33 bits per heavy atom. The standard InChI is InChI=1S/C43H34.2ClH.Ti/c1-27-25-31-17-11-23-37(41(31)39(27)35-21-9-15-29-13-5-7-19-33(29)35)43(3,4)38-24-12-18-32-26-28(2)40(42(32)38)36-22-10-16-30-14-6-8-20-34(30)36;;;/h5-26H,1-4H3;2*1H;/q;;;+2/p-2. The van der Waals surface area contributed by atoms with Crippen LogP contribution in [0.1, 0.15) is 80.6 Å². The summed E-state index contributed by atoms with van der Waals surface area (Å²) in [5.41, 5.74) is 17.8. The number of benzene rings is 6. The third-order valence-electron chi connectivity index (χ3n) is 10.8. The Labute approximate surface area is 293 Å². The van der Waals surface area contributed by atoms with Gasteiger partial charge in [-0.15, -0.1) is 0 Å². The SMILES string of the molecule is CC1=C(c2cccc3ccccc23)c2c3cccc2C(C)(C)c2cccc4c2C(c2cccc5ccccc25)=C(C)[CH]4[Ti+2][CH]13.[Cl-].[Cl-]. The van der Waals surface area contributed by atoms with Gasteiger partial charge in [0.2, 0.25) is 0 Å². The fourth-order valence-corrected chi connectivity index (χ4v) is 11.8. The Kier molecular flexibility index (Phi) is 7.74. The third kappa shape index (κ3) is 4.24. The molecule has 9 rings (SSSR count). The molecule has 0 saturated carbocycles. The molecule has 0 N–H and O–H groups in total. The molecule has 2 atom stereocenters. The van der Waals surface area contributed by atoms with Gasteiger partial charge >= 0.3 is 270 Å². The van der Waals surface area contributed by atoms with Crippen LogP contribution in [0.3, 0.4) is 0 Å². The first-order chi connectivity index (χ1) is 21.4. The Hall–Kier alpha value is -3.39. The topological polar surface area (TPSA) is 0 Å². The van der Waals surface area contributed by atoms with Crippen molar-refractivity contribution in [1.29, 1.82) is 0 Å². The number of halogens is 2. The minimum Gasteiger partial charge on any atom is -1.00 e. The van der Waals surface area contributed by atoms with E-state index in [9.17, 15) is 0 Å². The summed E-state index contributed by atoms with van der Waals surface area (Å²) in [6.07, 6.45) is 0. The van der Waals surface area contributed by atoms with Crippen molar-refractivity contribution in [3.8, 4) is 0 Å². The molecule has 0 radical (unpaired) electrons. The molecule has 0 spiro atoms. The number of rotatable bonds is 2. The molecule has 2 aliphatic carbocycles. The molecule has 0 amide bonds. The van der Waals surface area contributed by atoms with E-state index in [-0.39, 0.29) is 30.2 Å². The molecule has 0 saturated heterocycles. The fourth-order valence-electron chi connectivity index (χ4n) is 8.69. The summed E-state index contributed by atoms with van der Waals surface area (Å²) in [4.78, 5) is 0. The van der Waals surface area contributed by atoms with E-state index in [4.69, 9.17) is 0 Å². The van der Waals surface area contributed by atoms with Crippen molar-refractivity contribution in [2.24, 2.45) is 0 Å². The Morgan fingerprint density at radius 1 is 0.478 bits per heavy atom. The van der Waals surface area contributed by atoms with Crippen molar-refractivity contribution in [2.45, 2.75) is 41.6 Å². The van der Waals surface area contributed by atoms with Crippen LogP contribution in [-0.4, -0.2) is 0 Å². The summed E-state index contributed by atoms with van der Waals surface area (Å²) < 4.78 is 0.993. The van der Waals surface area contributed by atoms with Crippen LogP contribution >= 0.6 is 0 Å². The zero-order chi connectivity index (χ0) is 29.7. The minimum absolute atomic E-state index is 0. The largest absolute Gasteiger partial charge is 1.00 e. The van der Waals surface area contributed by atoms with Gasteiger partial charge in [0.05, 0.1) is 0 Å². The van der Waals surface area contributed by atoms with Gasteiger partial charge in [-0.2, -0.15) is 0 Å². The van der Waals surface area contributed by atoms with Crippen molar-refractivity contribution in [1.82, 2.24) is 0 Å². The average molecular weight is 670 g/mol. The predicted octanol–water partition coefficient (Wildman–Crippen LogP) is 5.18. The zero-order valence-corrected chi connectivity index (χ0v) is 29.5. The minimum atomic E-state index is -0.489. The predicted molar refractivity (Wildman–Crippen MR) is 182 cm³/mol. The molecule has 6 aromatic rings. The molecule has 0 fully saturated rings. The van der Waals surface area contributed by atoms with Crippen LogP contribution in [0.25, 0.3) is 32.7 Å². The van der Waals surface area contributed by atoms with Crippen LogP contribution in [0, 0.1) is 0 Å². The van der Waals surface area contributed by atoms with Gasteiger partial charge in [0, 0.05) is 0 Å². The number of fused-ring (bicyclic) bond motifs is 2. The maximum absolute atomic E-state index is 2.48. The molecule has 0 aromatic heterocycles. The van der Waals surface area contributed by atoms with Crippen molar-refractivity contribution in [3.05, 3.63) is 177 Å². The summed E-state index contributed by atoms with van der Waals surface area (Å²) in [5.74, 6) is 0. The van der Waals surface area contributed by atoms with Gasteiger partial charge in [0.1, 0.15) is 0 Å². The summed E-state index contributed by atoms with van der Waals surface area (Å²) in [7, 11) is 0. The van der Waals surface area contributed by atoms with Gasteiger partial charge in [0.15, 0.2) is 0 Å². The normalized spacial score (nSPS) is 18.5. The molecule has 224 valence electrons. The van der Waals surface area contributed by atoms with Crippen LogP contribution in [-0.2, 0) is 24.6 Å². The van der Waals surface area contributed by atoms with E-state index in [1.54, 1.807) is 22.3 Å². The maximum atomic E-state index is 2.48. The molecular formula is C43H34Cl2Ti. The first-order valence-electron chi connectivity index (χ1n) is 15.9. The van der Waals surface area contributed by atoms with E-state index >= 15 is 0 Å². The zero-order valence-electron chi connectivity index (χ0n) is 26.5. The van der Waals surface area contributed by atoms with Crippen LogP contribution in [0.5, 0.6) is 0 Å². The Bertz CT molecular complexity index is 2100.